The lowest BCUT2D eigenvalue weighted by Crippen LogP contribution is -2.21. The maximum atomic E-state index is 11.5. The molecule has 0 aliphatic rings. The van der Waals surface area contributed by atoms with Crippen LogP contribution >= 0.6 is 0 Å². The third-order valence-electron chi connectivity index (χ3n) is 1.88. The van der Waals surface area contributed by atoms with Gasteiger partial charge in [0.25, 0.3) is 5.56 Å². The van der Waals surface area contributed by atoms with Crippen LogP contribution in [0, 0.1) is 0 Å². The van der Waals surface area contributed by atoms with Crippen molar-refractivity contribution in [3.8, 4) is 0 Å². The quantitative estimate of drug-likeness (QED) is 0.608. The second kappa shape index (κ2) is 2.55. The number of nitrogens with two attached hydrogens (primary N) is 1. The largest absolute Gasteiger partial charge is 0.382 e. The molecule has 0 aliphatic heterocycles. The minimum absolute atomic E-state index is 0.183. The van der Waals surface area contributed by atoms with Crippen LogP contribution in [-0.2, 0) is 7.05 Å². The van der Waals surface area contributed by atoms with Gasteiger partial charge in [-0.05, 0) is 6.07 Å². The number of anilines is 1. The third kappa shape index (κ3) is 1.05. The number of hydrogen-bond donors (Lipinski definition) is 1. The highest BCUT2D eigenvalue weighted by Crippen LogP contribution is 2.11. The molecular formula is C8H8N4O. The Labute approximate surface area is 73.8 Å². The van der Waals surface area contributed by atoms with E-state index in [1.807, 2.05) is 0 Å². The van der Waals surface area contributed by atoms with E-state index in [0.717, 1.165) is 0 Å². The van der Waals surface area contributed by atoms with E-state index in [1.54, 1.807) is 19.3 Å². The molecule has 0 amide bonds. The first-order chi connectivity index (χ1) is 6.20. The van der Waals surface area contributed by atoms with E-state index in [2.05, 4.69) is 10.1 Å². The van der Waals surface area contributed by atoms with Gasteiger partial charge < -0.3 is 5.73 Å². The van der Waals surface area contributed by atoms with Crippen molar-refractivity contribution in [1.82, 2.24) is 14.8 Å². The molecule has 0 bridgehead atoms. The molecule has 66 valence electrons. The predicted octanol–water partition coefficient (Wildman–Crippen LogP) is -0.0893. The molecular weight excluding hydrogens is 168 g/mol. The van der Waals surface area contributed by atoms with Crippen molar-refractivity contribution in [3.63, 3.8) is 0 Å². The minimum atomic E-state index is -0.183. The van der Waals surface area contributed by atoms with Crippen molar-refractivity contribution < 1.29 is 0 Å². The Balaban J connectivity index is 3.06. The molecule has 0 aliphatic carbocycles. The van der Waals surface area contributed by atoms with Gasteiger partial charge in [-0.25, -0.2) is 4.68 Å². The van der Waals surface area contributed by atoms with E-state index >= 15 is 0 Å². The van der Waals surface area contributed by atoms with Gasteiger partial charge in [-0.3, -0.25) is 9.78 Å². The van der Waals surface area contributed by atoms with Crippen LogP contribution in [0.5, 0.6) is 0 Å². The van der Waals surface area contributed by atoms with Crippen molar-refractivity contribution in [3.05, 3.63) is 28.8 Å². The normalized spacial score (nSPS) is 10.5. The van der Waals surface area contributed by atoms with Crippen LogP contribution in [-0.4, -0.2) is 14.8 Å². The Morgan fingerprint density at radius 2 is 2.23 bits per heavy atom. The highest BCUT2D eigenvalue weighted by molar-refractivity contribution is 5.88. The maximum absolute atomic E-state index is 11.5. The lowest BCUT2D eigenvalue weighted by molar-refractivity contribution is 0.724. The lowest BCUT2D eigenvalue weighted by atomic mass is 10.2. The summed E-state index contributed by atoms with van der Waals surface area (Å²) >= 11 is 0. The molecule has 2 rings (SSSR count). The first kappa shape index (κ1) is 7.72. The fraction of sp³-hybridized carbons (Fsp3) is 0.125. The van der Waals surface area contributed by atoms with Crippen LogP contribution in [0.25, 0.3) is 10.8 Å². The molecule has 0 saturated carbocycles. The van der Waals surface area contributed by atoms with Gasteiger partial charge in [0.1, 0.15) is 0 Å². The van der Waals surface area contributed by atoms with Gasteiger partial charge in [0.2, 0.25) is 0 Å². The minimum Gasteiger partial charge on any atom is -0.382 e. The summed E-state index contributed by atoms with van der Waals surface area (Å²) in [6.45, 7) is 0. The van der Waals surface area contributed by atoms with E-state index in [9.17, 15) is 4.79 Å². The van der Waals surface area contributed by atoms with E-state index in [0.29, 0.717) is 16.6 Å². The number of fused-ring (bicyclic) bond motifs is 1. The van der Waals surface area contributed by atoms with Gasteiger partial charge in [-0.2, -0.15) is 5.10 Å². The highest BCUT2D eigenvalue weighted by Gasteiger charge is 2.04. The Morgan fingerprint density at radius 1 is 1.46 bits per heavy atom. The average Bonchev–Trinajstić information content (AvgIpc) is 2.15. The Morgan fingerprint density at radius 3 is 3.00 bits per heavy atom. The zero-order valence-electron chi connectivity index (χ0n) is 7.06. The van der Waals surface area contributed by atoms with Crippen LogP contribution in [0.3, 0.4) is 0 Å². The summed E-state index contributed by atoms with van der Waals surface area (Å²) in [6, 6.07) is 1.68. The average molecular weight is 176 g/mol. The van der Waals surface area contributed by atoms with Crippen molar-refractivity contribution in [1.29, 1.82) is 0 Å². The number of nitrogens with zero attached hydrogens (tertiary/aromatic N) is 3. The monoisotopic (exact) mass is 176 g/mol. The number of pyridine rings is 1. The van der Waals surface area contributed by atoms with Crippen LogP contribution in [0.4, 0.5) is 5.82 Å². The Kier molecular flexibility index (Phi) is 1.51. The fourth-order valence-corrected chi connectivity index (χ4v) is 1.22. The zero-order valence-corrected chi connectivity index (χ0v) is 7.06. The zero-order chi connectivity index (χ0) is 9.42. The van der Waals surface area contributed by atoms with Gasteiger partial charge in [0, 0.05) is 24.8 Å². The summed E-state index contributed by atoms with van der Waals surface area (Å²) in [6.07, 6.45) is 3.08. The first-order valence-corrected chi connectivity index (χ1v) is 3.76. The Bertz CT molecular complexity index is 517. The number of hydrogen-bond acceptors (Lipinski definition) is 4. The van der Waals surface area contributed by atoms with E-state index in [-0.39, 0.29) is 5.56 Å². The first-order valence-electron chi connectivity index (χ1n) is 3.76. The van der Waals surface area contributed by atoms with Crippen LogP contribution < -0.4 is 11.3 Å². The smallest absolute Gasteiger partial charge is 0.276 e. The summed E-state index contributed by atoms with van der Waals surface area (Å²) < 4.78 is 1.21. The lowest BCUT2D eigenvalue weighted by Gasteiger charge is -2.02. The summed E-state index contributed by atoms with van der Waals surface area (Å²) in [7, 11) is 1.56. The third-order valence-corrected chi connectivity index (χ3v) is 1.88. The molecule has 0 unspecified atom stereocenters. The molecule has 2 aromatic heterocycles. The van der Waals surface area contributed by atoms with E-state index < -0.39 is 0 Å². The van der Waals surface area contributed by atoms with Gasteiger partial charge >= 0.3 is 0 Å². The molecule has 2 aromatic rings. The van der Waals surface area contributed by atoms with Crippen LogP contribution in [0.2, 0.25) is 0 Å². The predicted molar refractivity (Wildman–Crippen MR) is 49.2 cm³/mol. The van der Waals surface area contributed by atoms with Crippen molar-refractivity contribution in [2.45, 2.75) is 0 Å². The van der Waals surface area contributed by atoms with Gasteiger partial charge in [0.15, 0.2) is 5.82 Å². The molecule has 0 radical (unpaired) electrons. The van der Waals surface area contributed by atoms with Gasteiger partial charge in [-0.15, -0.1) is 0 Å². The summed E-state index contributed by atoms with van der Waals surface area (Å²) in [5, 5.41) is 5.00. The van der Waals surface area contributed by atoms with Gasteiger partial charge in [-0.1, -0.05) is 0 Å². The molecule has 0 atom stereocenters. The summed E-state index contributed by atoms with van der Waals surface area (Å²) in [5.41, 5.74) is 5.44. The van der Waals surface area contributed by atoms with Crippen molar-refractivity contribution in [2.24, 2.45) is 7.05 Å². The molecule has 0 fully saturated rings. The topological polar surface area (TPSA) is 73.8 Å². The second-order valence-corrected chi connectivity index (χ2v) is 2.74. The number of aromatic nitrogens is 3. The van der Waals surface area contributed by atoms with Crippen molar-refractivity contribution in [2.75, 3.05) is 5.73 Å². The Hall–Kier alpha value is -1.91. The number of rotatable bonds is 0. The van der Waals surface area contributed by atoms with Crippen LogP contribution in [0.1, 0.15) is 0 Å². The fourth-order valence-electron chi connectivity index (χ4n) is 1.22. The van der Waals surface area contributed by atoms with Gasteiger partial charge in [0.05, 0.1) is 5.39 Å². The highest BCUT2D eigenvalue weighted by atomic mass is 16.1. The molecule has 2 heterocycles. The molecule has 0 aromatic carbocycles. The number of aryl methyl sites for hydroxylation is 1. The molecule has 2 N–H and O–H groups in total. The SMILES string of the molecule is Cn1nc(N)c2ccncc2c1=O. The number of nitrogen functional groups attached to an aromatic ring is 1. The van der Waals surface area contributed by atoms with Crippen LogP contribution in [0.15, 0.2) is 23.3 Å². The molecule has 0 saturated heterocycles. The summed E-state index contributed by atoms with van der Waals surface area (Å²) in [5.74, 6) is 0.347. The van der Waals surface area contributed by atoms with E-state index in [4.69, 9.17) is 5.73 Å². The molecule has 13 heavy (non-hydrogen) atoms. The maximum Gasteiger partial charge on any atom is 0.276 e. The second-order valence-electron chi connectivity index (χ2n) is 2.74. The van der Waals surface area contributed by atoms with E-state index in [1.165, 1.54) is 10.9 Å². The summed E-state index contributed by atoms with van der Waals surface area (Å²) in [4.78, 5) is 15.3. The molecule has 5 nitrogen and oxygen atoms in total. The molecule has 0 spiro atoms. The standard InChI is InChI=1S/C8H8N4O/c1-12-8(13)6-4-10-3-2-5(6)7(9)11-12/h2-4H,1H3,(H2,9,11). The molecule has 5 heteroatoms. The van der Waals surface area contributed by atoms with Crippen molar-refractivity contribution >= 4 is 16.6 Å².